The van der Waals surface area contributed by atoms with Crippen LogP contribution in [0, 0.1) is 5.41 Å². The molecule has 0 fully saturated rings. The van der Waals surface area contributed by atoms with Gasteiger partial charge >= 0.3 is 0 Å². The maximum atomic E-state index is 6.63. The number of rotatable bonds is 2. The summed E-state index contributed by atoms with van der Waals surface area (Å²) in [5.74, 6) is 0. The first-order valence-corrected chi connectivity index (χ1v) is 3.29. The van der Waals surface area contributed by atoms with Crippen molar-refractivity contribution >= 4 is 28.8 Å². The molecule has 0 bridgehead atoms. The molecule has 0 aromatic rings. The second-order valence-corrected chi connectivity index (χ2v) is 1.85. The molecule has 0 aromatic heterocycles. The van der Waals surface area contributed by atoms with Crippen LogP contribution in [0.5, 0.6) is 0 Å². The molecule has 0 aromatic carbocycles. The number of halogens is 1. The van der Waals surface area contributed by atoms with Gasteiger partial charge in [-0.1, -0.05) is 28.7 Å². The third-order valence-corrected chi connectivity index (χ3v) is 0.943. The molecule has 0 amide bonds. The Labute approximate surface area is 62.1 Å². The van der Waals surface area contributed by atoms with Crippen molar-refractivity contribution in [3.8, 4) is 0 Å². The van der Waals surface area contributed by atoms with Crippen LogP contribution in [0.25, 0.3) is 0 Å². The minimum Gasteiger partial charge on any atom is -0.398 e. The average molecular weight is 222 g/mol. The molecule has 3 N–H and O–H groups in total. The molecule has 8 heavy (non-hydrogen) atoms. The Balaban J connectivity index is 3.74. The lowest BCUT2D eigenvalue weighted by atomic mass is 10.4. The van der Waals surface area contributed by atoms with E-state index in [4.69, 9.17) is 11.1 Å². The predicted octanol–water partition coefficient (Wildman–Crippen LogP) is 1.43. The lowest BCUT2D eigenvalue weighted by Crippen LogP contribution is -1.95. The molecular formula is C5H7IN2. The Bertz CT molecular complexity index is 126. The summed E-state index contributed by atoms with van der Waals surface area (Å²) in [5.41, 5.74) is 5.69. The zero-order valence-electron chi connectivity index (χ0n) is 4.26. The van der Waals surface area contributed by atoms with Gasteiger partial charge in [-0.05, 0) is 10.2 Å². The molecule has 0 atom stereocenters. The maximum Gasteiger partial charge on any atom is 0.0492 e. The largest absolute Gasteiger partial charge is 0.398 e. The van der Waals surface area contributed by atoms with Crippen molar-refractivity contribution in [3.05, 3.63) is 21.9 Å². The van der Waals surface area contributed by atoms with Crippen LogP contribution in [-0.4, -0.2) is 6.21 Å². The van der Waals surface area contributed by atoms with Crippen LogP contribution < -0.4 is 5.73 Å². The smallest absolute Gasteiger partial charge is 0.0492 e. The fourth-order valence-electron chi connectivity index (χ4n) is 0.196. The molecule has 0 radical (unpaired) electrons. The molecule has 44 valence electrons. The summed E-state index contributed by atoms with van der Waals surface area (Å²) in [7, 11) is 0. The van der Waals surface area contributed by atoms with Gasteiger partial charge in [-0.3, -0.25) is 0 Å². The quantitative estimate of drug-likeness (QED) is 0.414. The zero-order chi connectivity index (χ0) is 6.41. The Hall–Kier alpha value is -0.320. The number of hydrogen-bond donors (Lipinski definition) is 2. The number of nitrogens with two attached hydrogens (primary N) is 1. The summed E-state index contributed by atoms with van der Waals surface area (Å²) in [4.78, 5) is 0. The van der Waals surface area contributed by atoms with Crippen LogP contribution in [0.3, 0.4) is 0 Å². The van der Waals surface area contributed by atoms with Gasteiger partial charge in [0.1, 0.15) is 0 Å². The number of nitrogens with one attached hydrogen (secondary N) is 1. The molecule has 0 aliphatic carbocycles. The molecule has 2 nitrogen and oxygen atoms in total. The van der Waals surface area contributed by atoms with E-state index in [9.17, 15) is 0 Å². The van der Waals surface area contributed by atoms with Crippen LogP contribution in [0.15, 0.2) is 21.9 Å². The van der Waals surface area contributed by atoms with E-state index in [1.54, 1.807) is 12.2 Å². The number of allylic oxidation sites excluding steroid dienone is 3. The van der Waals surface area contributed by atoms with Gasteiger partial charge in [0.05, 0.1) is 0 Å². The van der Waals surface area contributed by atoms with Gasteiger partial charge in [-0.25, -0.2) is 0 Å². The second kappa shape index (κ2) is 4.83. The molecule has 0 aliphatic heterocycles. The van der Waals surface area contributed by atoms with Crippen LogP contribution in [0.1, 0.15) is 0 Å². The first kappa shape index (κ1) is 7.68. The van der Waals surface area contributed by atoms with Gasteiger partial charge in [0.15, 0.2) is 0 Å². The van der Waals surface area contributed by atoms with Gasteiger partial charge in [-0.15, -0.1) is 0 Å². The van der Waals surface area contributed by atoms with Gasteiger partial charge in [0.2, 0.25) is 0 Å². The van der Waals surface area contributed by atoms with Crippen molar-refractivity contribution in [1.29, 1.82) is 5.41 Å². The third-order valence-electron chi connectivity index (χ3n) is 0.528. The van der Waals surface area contributed by atoms with E-state index in [0.717, 1.165) is 6.21 Å². The summed E-state index contributed by atoms with van der Waals surface area (Å²) < 4.78 is 1.83. The molecule has 3 heteroatoms. The molecule has 0 aliphatic rings. The third kappa shape index (κ3) is 3.86. The van der Waals surface area contributed by atoms with Crippen molar-refractivity contribution in [2.45, 2.75) is 0 Å². The van der Waals surface area contributed by atoms with Gasteiger partial charge in [0, 0.05) is 11.9 Å². The Kier molecular flexibility index (Phi) is 4.64. The second-order valence-electron chi connectivity index (χ2n) is 1.13. The minimum atomic E-state index is 0.470. The zero-order valence-corrected chi connectivity index (χ0v) is 6.42. The lowest BCUT2D eigenvalue weighted by molar-refractivity contribution is 1.45. The first-order chi connectivity index (χ1) is 3.81. The van der Waals surface area contributed by atoms with Crippen molar-refractivity contribution < 1.29 is 0 Å². The van der Waals surface area contributed by atoms with Crippen molar-refractivity contribution in [2.24, 2.45) is 5.73 Å². The maximum absolute atomic E-state index is 6.63. The highest BCUT2D eigenvalue weighted by atomic mass is 127. The standard InChI is InChI=1S/C5H7IN2/c6-3-1-2-5(8)4-7/h1-4,7H,8H2/b3-1-,5-2+,7-4?. The minimum absolute atomic E-state index is 0.470. The predicted molar refractivity (Wildman–Crippen MR) is 44.2 cm³/mol. The summed E-state index contributed by atoms with van der Waals surface area (Å²) in [6.07, 6.45) is 4.55. The normalized spacial score (nSPS) is 12.4. The van der Waals surface area contributed by atoms with Crippen molar-refractivity contribution in [3.63, 3.8) is 0 Å². The van der Waals surface area contributed by atoms with E-state index in [2.05, 4.69) is 22.6 Å². The molecular weight excluding hydrogens is 215 g/mol. The lowest BCUT2D eigenvalue weighted by Gasteiger charge is -1.81. The molecule has 0 saturated carbocycles. The fraction of sp³-hybridized carbons (Fsp3) is 0. The van der Waals surface area contributed by atoms with E-state index < -0.39 is 0 Å². The van der Waals surface area contributed by atoms with Crippen molar-refractivity contribution in [2.75, 3.05) is 0 Å². The average Bonchev–Trinajstić information content (AvgIpc) is 1.83. The summed E-state index contributed by atoms with van der Waals surface area (Å²) in [5, 5.41) is 6.63. The Morgan fingerprint density at radius 2 is 2.25 bits per heavy atom. The van der Waals surface area contributed by atoms with E-state index >= 15 is 0 Å². The highest BCUT2D eigenvalue weighted by Gasteiger charge is 1.72. The Morgan fingerprint density at radius 1 is 1.62 bits per heavy atom. The monoisotopic (exact) mass is 222 g/mol. The highest BCUT2D eigenvalue weighted by molar-refractivity contribution is 14.1. The number of hydrogen-bond acceptors (Lipinski definition) is 2. The fourth-order valence-corrected chi connectivity index (χ4v) is 0.403. The van der Waals surface area contributed by atoms with Crippen molar-refractivity contribution in [1.82, 2.24) is 0 Å². The topological polar surface area (TPSA) is 49.9 Å². The van der Waals surface area contributed by atoms with E-state index in [1.165, 1.54) is 0 Å². The summed E-state index contributed by atoms with van der Waals surface area (Å²) in [6, 6.07) is 0. The molecule has 0 spiro atoms. The molecule has 0 rings (SSSR count). The van der Waals surface area contributed by atoms with Gasteiger partial charge < -0.3 is 11.1 Å². The van der Waals surface area contributed by atoms with E-state index in [0.29, 0.717) is 5.70 Å². The van der Waals surface area contributed by atoms with Gasteiger partial charge in [-0.2, -0.15) is 0 Å². The Morgan fingerprint density at radius 3 is 2.62 bits per heavy atom. The van der Waals surface area contributed by atoms with Crippen LogP contribution in [0.2, 0.25) is 0 Å². The van der Waals surface area contributed by atoms with Crippen LogP contribution in [0.4, 0.5) is 0 Å². The molecule has 0 heterocycles. The van der Waals surface area contributed by atoms with E-state index in [-0.39, 0.29) is 0 Å². The van der Waals surface area contributed by atoms with Gasteiger partial charge in [0.25, 0.3) is 0 Å². The summed E-state index contributed by atoms with van der Waals surface area (Å²) >= 11 is 2.08. The summed E-state index contributed by atoms with van der Waals surface area (Å²) in [6.45, 7) is 0. The van der Waals surface area contributed by atoms with Crippen LogP contribution >= 0.6 is 22.6 Å². The SMILES string of the molecule is N=C/C(N)=C\C=C/I. The highest BCUT2D eigenvalue weighted by Crippen LogP contribution is 1.85. The first-order valence-electron chi connectivity index (χ1n) is 2.04. The van der Waals surface area contributed by atoms with E-state index in [1.807, 2.05) is 4.08 Å². The van der Waals surface area contributed by atoms with Crippen LogP contribution in [-0.2, 0) is 0 Å². The molecule has 0 saturated heterocycles. The molecule has 0 unspecified atom stereocenters.